The Morgan fingerprint density at radius 1 is 1.29 bits per heavy atom. The van der Waals surface area contributed by atoms with Crippen LogP contribution in [0.15, 0.2) is 6.33 Å². The van der Waals surface area contributed by atoms with Gasteiger partial charge in [0.1, 0.15) is 5.82 Å². The molecule has 0 spiro atoms. The molecule has 1 aromatic heterocycles. The van der Waals surface area contributed by atoms with Gasteiger partial charge < -0.3 is 10.7 Å². The van der Waals surface area contributed by atoms with Crippen LogP contribution < -0.4 is 5.73 Å². The number of rotatable bonds is 2. The van der Waals surface area contributed by atoms with Gasteiger partial charge in [0.05, 0.1) is 12.0 Å². The van der Waals surface area contributed by atoms with E-state index in [1.165, 1.54) is 38.8 Å². The number of hydrogen-bond acceptors (Lipinski definition) is 3. The normalized spacial score (nSPS) is 19.4. The number of nitrogen functional groups attached to an aromatic ring is 1. The van der Waals surface area contributed by atoms with Crippen molar-refractivity contribution in [1.29, 1.82) is 0 Å². The predicted molar refractivity (Wildman–Crippen MR) is 56.7 cm³/mol. The van der Waals surface area contributed by atoms with Gasteiger partial charge in [0.2, 0.25) is 0 Å². The molecule has 2 heterocycles. The molecule has 1 saturated heterocycles. The highest BCUT2D eigenvalue weighted by Crippen LogP contribution is 2.14. The minimum absolute atomic E-state index is 0.647. The zero-order chi connectivity index (χ0) is 9.80. The van der Waals surface area contributed by atoms with Crippen LogP contribution in [-0.2, 0) is 6.54 Å². The van der Waals surface area contributed by atoms with Crippen molar-refractivity contribution < 1.29 is 0 Å². The standard InChI is InChI=1S/C10H18N4/c11-10-9(12-8-13-10)7-14-5-3-1-2-4-6-14/h8H,1-7,11H2,(H,12,13). The molecule has 0 saturated carbocycles. The summed E-state index contributed by atoms with van der Waals surface area (Å²) in [5.74, 6) is 0.647. The van der Waals surface area contributed by atoms with E-state index < -0.39 is 0 Å². The lowest BCUT2D eigenvalue weighted by molar-refractivity contribution is 0.274. The van der Waals surface area contributed by atoms with E-state index in [0.717, 1.165) is 12.2 Å². The van der Waals surface area contributed by atoms with Gasteiger partial charge in [-0.05, 0) is 25.9 Å². The molecule has 78 valence electrons. The first-order valence-electron chi connectivity index (χ1n) is 5.36. The summed E-state index contributed by atoms with van der Waals surface area (Å²) in [7, 11) is 0. The quantitative estimate of drug-likeness (QED) is 0.747. The highest BCUT2D eigenvalue weighted by molar-refractivity contribution is 5.33. The fourth-order valence-corrected chi connectivity index (χ4v) is 1.98. The van der Waals surface area contributed by atoms with Gasteiger partial charge in [-0.1, -0.05) is 12.8 Å². The monoisotopic (exact) mass is 194 g/mol. The van der Waals surface area contributed by atoms with Crippen LogP contribution in [0.5, 0.6) is 0 Å². The molecule has 1 fully saturated rings. The number of imidazole rings is 1. The second-order valence-electron chi connectivity index (χ2n) is 3.96. The molecule has 1 aliphatic rings. The molecule has 4 heteroatoms. The SMILES string of the molecule is Nc1nc[nH]c1CN1CCCCCC1. The van der Waals surface area contributed by atoms with E-state index in [1.807, 2.05) is 0 Å². The Morgan fingerprint density at radius 3 is 2.57 bits per heavy atom. The highest BCUT2D eigenvalue weighted by atomic mass is 15.1. The number of likely N-dealkylation sites (tertiary alicyclic amines) is 1. The molecular formula is C10H18N4. The van der Waals surface area contributed by atoms with E-state index in [1.54, 1.807) is 6.33 Å². The Labute approximate surface area is 84.5 Å². The van der Waals surface area contributed by atoms with Crippen LogP contribution in [0.25, 0.3) is 0 Å². The molecule has 0 atom stereocenters. The predicted octanol–water partition coefficient (Wildman–Crippen LogP) is 1.37. The van der Waals surface area contributed by atoms with Crippen molar-refractivity contribution in [2.24, 2.45) is 0 Å². The van der Waals surface area contributed by atoms with Crippen LogP contribution in [0.2, 0.25) is 0 Å². The summed E-state index contributed by atoms with van der Waals surface area (Å²) >= 11 is 0. The summed E-state index contributed by atoms with van der Waals surface area (Å²) in [6, 6.07) is 0. The van der Waals surface area contributed by atoms with E-state index in [0.29, 0.717) is 5.82 Å². The topological polar surface area (TPSA) is 57.9 Å². The number of nitrogens with two attached hydrogens (primary N) is 1. The molecule has 0 amide bonds. The van der Waals surface area contributed by atoms with E-state index in [4.69, 9.17) is 5.73 Å². The molecule has 0 aromatic carbocycles. The summed E-state index contributed by atoms with van der Waals surface area (Å²) in [6.45, 7) is 3.31. The second kappa shape index (κ2) is 4.46. The molecule has 0 radical (unpaired) electrons. The molecule has 0 unspecified atom stereocenters. The lowest BCUT2D eigenvalue weighted by Crippen LogP contribution is -2.24. The maximum Gasteiger partial charge on any atom is 0.146 e. The smallest absolute Gasteiger partial charge is 0.146 e. The molecule has 0 bridgehead atoms. The number of aromatic amines is 1. The average molecular weight is 194 g/mol. The van der Waals surface area contributed by atoms with Gasteiger partial charge >= 0.3 is 0 Å². The van der Waals surface area contributed by atoms with Gasteiger partial charge in [0.25, 0.3) is 0 Å². The van der Waals surface area contributed by atoms with Gasteiger partial charge in [-0.3, -0.25) is 4.90 Å². The molecule has 14 heavy (non-hydrogen) atoms. The van der Waals surface area contributed by atoms with Crippen LogP contribution in [0.1, 0.15) is 31.4 Å². The van der Waals surface area contributed by atoms with Gasteiger partial charge in [0, 0.05) is 6.54 Å². The third-order valence-electron chi connectivity index (χ3n) is 2.83. The minimum atomic E-state index is 0.647. The summed E-state index contributed by atoms with van der Waals surface area (Å²) in [4.78, 5) is 9.55. The summed E-state index contributed by atoms with van der Waals surface area (Å²) < 4.78 is 0. The van der Waals surface area contributed by atoms with Crippen molar-refractivity contribution in [3.63, 3.8) is 0 Å². The second-order valence-corrected chi connectivity index (χ2v) is 3.96. The fraction of sp³-hybridized carbons (Fsp3) is 0.700. The summed E-state index contributed by atoms with van der Waals surface area (Å²) in [6.07, 6.45) is 7.04. The van der Waals surface area contributed by atoms with Crippen LogP contribution >= 0.6 is 0 Å². The van der Waals surface area contributed by atoms with Crippen LogP contribution in [0.3, 0.4) is 0 Å². The third kappa shape index (κ3) is 2.26. The largest absolute Gasteiger partial charge is 0.382 e. The van der Waals surface area contributed by atoms with Crippen molar-refractivity contribution in [2.75, 3.05) is 18.8 Å². The number of hydrogen-bond donors (Lipinski definition) is 2. The van der Waals surface area contributed by atoms with Gasteiger partial charge in [0.15, 0.2) is 0 Å². The van der Waals surface area contributed by atoms with Crippen molar-refractivity contribution in [2.45, 2.75) is 32.2 Å². The Hall–Kier alpha value is -1.03. The average Bonchev–Trinajstić information content (AvgIpc) is 2.44. The molecule has 2 rings (SSSR count). The zero-order valence-electron chi connectivity index (χ0n) is 8.50. The Balaban J connectivity index is 1.92. The van der Waals surface area contributed by atoms with Crippen LogP contribution in [0.4, 0.5) is 5.82 Å². The van der Waals surface area contributed by atoms with E-state index in [-0.39, 0.29) is 0 Å². The van der Waals surface area contributed by atoms with Crippen molar-refractivity contribution in [1.82, 2.24) is 14.9 Å². The van der Waals surface area contributed by atoms with Gasteiger partial charge in [-0.15, -0.1) is 0 Å². The summed E-state index contributed by atoms with van der Waals surface area (Å²) in [5.41, 5.74) is 6.79. The lowest BCUT2D eigenvalue weighted by atomic mass is 10.2. The third-order valence-corrected chi connectivity index (χ3v) is 2.83. The number of anilines is 1. The number of nitrogens with zero attached hydrogens (tertiary/aromatic N) is 2. The van der Waals surface area contributed by atoms with Gasteiger partial charge in [-0.25, -0.2) is 4.98 Å². The number of nitrogens with one attached hydrogen (secondary N) is 1. The molecule has 3 N–H and O–H groups in total. The Kier molecular flexibility index (Phi) is 3.03. The van der Waals surface area contributed by atoms with E-state index in [9.17, 15) is 0 Å². The highest BCUT2D eigenvalue weighted by Gasteiger charge is 2.11. The summed E-state index contributed by atoms with van der Waals surface area (Å²) in [5, 5.41) is 0. The fourth-order valence-electron chi connectivity index (χ4n) is 1.98. The zero-order valence-corrected chi connectivity index (χ0v) is 8.50. The molecular weight excluding hydrogens is 176 g/mol. The van der Waals surface area contributed by atoms with Crippen LogP contribution in [-0.4, -0.2) is 28.0 Å². The number of aromatic nitrogens is 2. The Morgan fingerprint density at radius 2 is 2.00 bits per heavy atom. The van der Waals surface area contributed by atoms with Crippen molar-refractivity contribution >= 4 is 5.82 Å². The van der Waals surface area contributed by atoms with E-state index >= 15 is 0 Å². The molecule has 1 aromatic rings. The van der Waals surface area contributed by atoms with E-state index in [2.05, 4.69) is 14.9 Å². The van der Waals surface area contributed by atoms with Crippen molar-refractivity contribution in [3.8, 4) is 0 Å². The number of H-pyrrole nitrogens is 1. The van der Waals surface area contributed by atoms with Gasteiger partial charge in [-0.2, -0.15) is 0 Å². The maximum absolute atomic E-state index is 5.73. The molecule has 1 aliphatic heterocycles. The maximum atomic E-state index is 5.73. The Bertz CT molecular complexity index is 273. The first-order chi connectivity index (χ1) is 6.86. The molecule has 4 nitrogen and oxygen atoms in total. The first-order valence-corrected chi connectivity index (χ1v) is 5.36. The first kappa shape index (κ1) is 9.52. The van der Waals surface area contributed by atoms with Crippen molar-refractivity contribution in [3.05, 3.63) is 12.0 Å². The van der Waals surface area contributed by atoms with Crippen LogP contribution in [0, 0.1) is 0 Å². The lowest BCUT2D eigenvalue weighted by Gasteiger charge is -2.18. The minimum Gasteiger partial charge on any atom is -0.382 e. The molecule has 0 aliphatic carbocycles.